The molecule has 0 amide bonds. The predicted molar refractivity (Wildman–Crippen MR) is 73.4 cm³/mol. The number of hydrogen-bond donors (Lipinski definition) is 0. The minimum absolute atomic E-state index is 0.313. The number of nitrogens with zero attached hydrogens (tertiary/aromatic N) is 1. The highest BCUT2D eigenvalue weighted by Gasteiger charge is 2.21. The first-order valence-electron chi connectivity index (χ1n) is 4.76. The lowest BCUT2D eigenvalue weighted by molar-refractivity contribution is 0.841. The zero-order valence-corrected chi connectivity index (χ0v) is 12.5. The van der Waals surface area contributed by atoms with Gasteiger partial charge in [-0.2, -0.15) is 0 Å². The third-order valence-electron chi connectivity index (χ3n) is 1.59. The molecule has 0 saturated heterocycles. The van der Waals surface area contributed by atoms with Crippen LogP contribution in [0.3, 0.4) is 0 Å². The van der Waals surface area contributed by atoms with Crippen molar-refractivity contribution >= 4 is 37.7 Å². The molecule has 0 spiro atoms. The van der Waals surface area contributed by atoms with Gasteiger partial charge in [-0.25, -0.2) is 0 Å². The van der Waals surface area contributed by atoms with Gasteiger partial charge in [0.1, 0.15) is 0 Å². The Kier molecular flexibility index (Phi) is 6.10. The summed E-state index contributed by atoms with van der Waals surface area (Å²) in [5, 5.41) is 0.824. The van der Waals surface area contributed by atoms with Gasteiger partial charge in [-0.1, -0.05) is 31.2 Å². The molecule has 0 aliphatic heterocycles. The standard InChI is InChI=1S/C10H20ClNSSi/c1-8(2)12-7-9(11)10(13-3)14(4,5)6/h7-8H,1-6H3/b10-9-,12-7?. The first-order valence-corrected chi connectivity index (χ1v) is 9.86. The van der Waals surface area contributed by atoms with Crippen LogP contribution >= 0.6 is 23.4 Å². The molecule has 0 fully saturated rings. The zero-order valence-electron chi connectivity index (χ0n) is 9.89. The summed E-state index contributed by atoms with van der Waals surface area (Å²) in [7, 11) is -1.30. The maximum absolute atomic E-state index is 6.22. The number of aliphatic imine (C=N–C) groups is 1. The number of halogens is 1. The van der Waals surface area contributed by atoms with Crippen LogP contribution in [0, 0.1) is 0 Å². The average Bonchev–Trinajstić information content (AvgIpc) is 1.99. The van der Waals surface area contributed by atoms with Gasteiger partial charge in [0.05, 0.1) is 13.1 Å². The summed E-state index contributed by atoms with van der Waals surface area (Å²) < 4.78 is 1.32. The first-order chi connectivity index (χ1) is 6.29. The van der Waals surface area contributed by atoms with Crippen LogP contribution in [0.15, 0.2) is 14.6 Å². The van der Waals surface area contributed by atoms with E-state index in [4.69, 9.17) is 11.6 Å². The highest BCUT2D eigenvalue weighted by Crippen LogP contribution is 2.28. The smallest absolute Gasteiger partial charge is 0.0877 e. The van der Waals surface area contributed by atoms with Gasteiger partial charge in [0.2, 0.25) is 0 Å². The second kappa shape index (κ2) is 5.98. The van der Waals surface area contributed by atoms with E-state index in [0.717, 1.165) is 5.03 Å². The summed E-state index contributed by atoms with van der Waals surface area (Å²) in [5.74, 6) is 0. The van der Waals surface area contributed by atoms with E-state index in [1.165, 1.54) is 4.53 Å². The lowest BCUT2D eigenvalue weighted by Crippen LogP contribution is -2.23. The van der Waals surface area contributed by atoms with Crippen molar-refractivity contribution in [3.63, 3.8) is 0 Å². The van der Waals surface area contributed by atoms with Crippen LogP contribution in [0.4, 0.5) is 0 Å². The molecule has 0 aliphatic carbocycles. The van der Waals surface area contributed by atoms with Crippen LogP contribution in [-0.2, 0) is 0 Å². The molecule has 0 N–H and O–H groups in total. The Morgan fingerprint density at radius 1 is 1.36 bits per heavy atom. The Morgan fingerprint density at radius 3 is 2.14 bits per heavy atom. The number of rotatable bonds is 4. The quantitative estimate of drug-likeness (QED) is 0.539. The number of thioether (sulfide) groups is 1. The molecule has 0 aromatic rings. The van der Waals surface area contributed by atoms with Crippen LogP contribution < -0.4 is 0 Å². The van der Waals surface area contributed by atoms with Gasteiger partial charge in [0.15, 0.2) is 0 Å². The summed E-state index contributed by atoms with van der Waals surface area (Å²) in [6.07, 6.45) is 3.88. The van der Waals surface area contributed by atoms with Crippen molar-refractivity contribution in [3.05, 3.63) is 9.56 Å². The molecule has 0 rings (SSSR count). The summed E-state index contributed by atoms with van der Waals surface area (Å²) in [6.45, 7) is 11.0. The van der Waals surface area contributed by atoms with Crippen LogP contribution in [-0.4, -0.2) is 26.6 Å². The van der Waals surface area contributed by atoms with E-state index in [9.17, 15) is 0 Å². The Labute approximate surface area is 98.0 Å². The monoisotopic (exact) mass is 249 g/mol. The first kappa shape index (κ1) is 14.3. The van der Waals surface area contributed by atoms with Crippen molar-refractivity contribution in [3.8, 4) is 0 Å². The second-order valence-electron chi connectivity index (χ2n) is 4.50. The lowest BCUT2D eigenvalue weighted by Gasteiger charge is -2.19. The van der Waals surface area contributed by atoms with Crippen molar-refractivity contribution in [1.29, 1.82) is 0 Å². The maximum atomic E-state index is 6.22. The highest BCUT2D eigenvalue weighted by atomic mass is 35.5. The summed E-state index contributed by atoms with van der Waals surface area (Å²) >= 11 is 7.97. The van der Waals surface area contributed by atoms with E-state index in [1.807, 2.05) is 13.8 Å². The Balaban J connectivity index is 4.86. The Hall–Kier alpha value is 0.267. The molecule has 0 bridgehead atoms. The molecular weight excluding hydrogens is 230 g/mol. The molecule has 0 radical (unpaired) electrons. The second-order valence-corrected chi connectivity index (χ2v) is 11.1. The van der Waals surface area contributed by atoms with Gasteiger partial charge in [0, 0.05) is 12.3 Å². The van der Waals surface area contributed by atoms with E-state index >= 15 is 0 Å². The third-order valence-corrected chi connectivity index (χ3v) is 6.85. The molecule has 0 aromatic heterocycles. The maximum Gasteiger partial charge on any atom is 0.0877 e. The van der Waals surface area contributed by atoms with Gasteiger partial charge >= 0.3 is 0 Å². The van der Waals surface area contributed by atoms with Crippen molar-refractivity contribution in [2.75, 3.05) is 6.26 Å². The average molecular weight is 250 g/mol. The normalized spacial score (nSPS) is 15.1. The summed E-state index contributed by atoms with van der Waals surface area (Å²) in [4.78, 5) is 4.30. The lowest BCUT2D eigenvalue weighted by atomic mass is 10.4. The van der Waals surface area contributed by atoms with Crippen LogP contribution in [0.1, 0.15) is 13.8 Å². The van der Waals surface area contributed by atoms with Gasteiger partial charge in [-0.15, -0.1) is 11.8 Å². The van der Waals surface area contributed by atoms with Crippen molar-refractivity contribution in [2.45, 2.75) is 39.5 Å². The van der Waals surface area contributed by atoms with Gasteiger partial charge in [-0.3, -0.25) is 4.99 Å². The molecular formula is C10H20ClNSSi. The fourth-order valence-electron chi connectivity index (χ4n) is 1.04. The highest BCUT2D eigenvalue weighted by molar-refractivity contribution is 8.04. The Bertz CT molecular complexity index is 241. The van der Waals surface area contributed by atoms with Crippen LogP contribution in [0.5, 0.6) is 0 Å². The summed E-state index contributed by atoms with van der Waals surface area (Å²) in [5.41, 5.74) is 0. The van der Waals surface area contributed by atoms with Crippen molar-refractivity contribution in [1.82, 2.24) is 0 Å². The molecule has 0 aliphatic rings. The fraction of sp³-hybridized carbons (Fsp3) is 0.700. The van der Waals surface area contributed by atoms with E-state index in [-0.39, 0.29) is 0 Å². The molecule has 0 unspecified atom stereocenters. The van der Waals surface area contributed by atoms with Gasteiger partial charge in [0.25, 0.3) is 0 Å². The molecule has 0 saturated carbocycles. The van der Waals surface area contributed by atoms with E-state index in [2.05, 4.69) is 30.9 Å². The van der Waals surface area contributed by atoms with Gasteiger partial charge in [-0.05, 0) is 24.6 Å². The van der Waals surface area contributed by atoms with E-state index in [1.54, 1.807) is 18.0 Å². The minimum Gasteiger partial charge on any atom is -0.289 e. The minimum atomic E-state index is -1.30. The van der Waals surface area contributed by atoms with Gasteiger partial charge < -0.3 is 0 Å². The third kappa shape index (κ3) is 5.22. The van der Waals surface area contributed by atoms with Crippen molar-refractivity contribution in [2.24, 2.45) is 4.99 Å². The SMILES string of the molecule is CS/C(=C(/Cl)C=NC(C)C)[Si](C)(C)C. The molecule has 14 heavy (non-hydrogen) atoms. The predicted octanol–water partition coefficient (Wildman–Crippen LogP) is 4.16. The molecule has 0 aromatic carbocycles. The number of allylic oxidation sites excluding steroid dienone is 1. The van der Waals surface area contributed by atoms with E-state index in [0.29, 0.717) is 6.04 Å². The van der Waals surface area contributed by atoms with E-state index < -0.39 is 8.07 Å². The topological polar surface area (TPSA) is 12.4 Å². The molecule has 0 atom stereocenters. The zero-order chi connectivity index (χ0) is 11.4. The van der Waals surface area contributed by atoms with Crippen LogP contribution in [0.25, 0.3) is 0 Å². The largest absolute Gasteiger partial charge is 0.289 e. The molecule has 82 valence electrons. The Morgan fingerprint density at radius 2 is 1.86 bits per heavy atom. The molecule has 4 heteroatoms. The van der Waals surface area contributed by atoms with Crippen LogP contribution in [0.2, 0.25) is 19.6 Å². The fourth-order valence-corrected chi connectivity index (χ4v) is 5.65. The van der Waals surface area contributed by atoms with Crippen molar-refractivity contribution < 1.29 is 0 Å². The number of hydrogen-bond acceptors (Lipinski definition) is 2. The molecule has 1 nitrogen and oxygen atoms in total. The summed E-state index contributed by atoms with van der Waals surface area (Å²) in [6, 6.07) is 0.313. The molecule has 0 heterocycles.